The fourth-order valence-corrected chi connectivity index (χ4v) is 3.36. The molecule has 3 nitrogen and oxygen atoms in total. The fourth-order valence-electron chi connectivity index (χ4n) is 3.36. The van der Waals surface area contributed by atoms with Crippen molar-refractivity contribution < 1.29 is 0 Å². The molecule has 92 valence electrons. The Morgan fingerprint density at radius 3 is 2.82 bits per heavy atom. The molecule has 1 unspecified atom stereocenters. The zero-order valence-corrected chi connectivity index (χ0v) is 10.6. The predicted molar refractivity (Wildman–Crippen MR) is 68.3 cm³/mol. The monoisotopic (exact) mass is 232 g/mol. The molecule has 17 heavy (non-hydrogen) atoms. The van der Waals surface area contributed by atoms with E-state index in [1.807, 2.05) is 10.6 Å². The van der Waals surface area contributed by atoms with Crippen LogP contribution in [-0.2, 0) is 6.54 Å². The standard InChI is InChI=1S/C14H20N2O/c1-10(2)15-7-11-6-12(9-15)13-4-3-5-14(17)16(13)8-11/h3-5,10-12H,6-9H2,1-2H3/t11-,12?/m1/s1. The van der Waals surface area contributed by atoms with Crippen LogP contribution in [-0.4, -0.2) is 28.6 Å². The number of hydrogen-bond acceptors (Lipinski definition) is 2. The van der Waals surface area contributed by atoms with Gasteiger partial charge in [-0.1, -0.05) is 6.07 Å². The first-order valence-electron chi connectivity index (χ1n) is 6.59. The minimum Gasteiger partial charge on any atom is -0.312 e. The van der Waals surface area contributed by atoms with Crippen LogP contribution in [0.15, 0.2) is 23.0 Å². The number of hydrogen-bond donors (Lipinski definition) is 0. The summed E-state index contributed by atoms with van der Waals surface area (Å²) in [4.78, 5) is 14.4. The summed E-state index contributed by atoms with van der Waals surface area (Å²) in [5.74, 6) is 1.21. The maximum Gasteiger partial charge on any atom is 0.250 e. The fraction of sp³-hybridized carbons (Fsp3) is 0.643. The van der Waals surface area contributed by atoms with E-state index in [4.69, 9.17) is 0 Å². The van der Waals surface area contributed by atoms with Crippen LogP contribution in [0, 0.1) is 5.92 Å². The Balaban J connectivity index is 1.98. The molecule has 2 aliphatic heterocycles. The molecule has 0 spiro atoms. The summed E-state index contributed by atoms with van der Waals surface area (Å²) in [6, 6.07) is 6.34. The molecule has 0 amide bonds. The average Bonchev–Trinajstić information content (AvgIpc) is 2.30. The molecule has 2 atom stereocenters. The smallest absolute Gasteiger partial charge is 0.250 e. The summed E-state index contributed by atoms with van der Waals surface area (Å²) in [6.45, 7) is 7.69. The van der Waals surface area contributed by atoms with Gasteiger partial charge in [0.15, 0.2) is 0 Å². The maximum absolute atomic E-state index is 11.9. The summed E-state index contributed by atoms with van der Waals surface area (Å²) < 4.78 is 2.00. The van der Waals surface area contributed by atoms with E-state index in [-0.39, 0.29) is 5.56 Å². The van der Waals surface area contributed by atoms with Crippen molar-refractivity contribution in [1.82, 2.24) is 9.47 Å². The van der Waals surface area contributed by atoms with Gasteiger partial charge >= 0.3 is 0 Å². The third-order valence-electron chi connectivity index (χ3n) is 4.24. The maximum atomic E-state index is 11.9. The van der Waals surface area contributed by atoms with Gasteiger partial charge in [-0.3, -0.25) is 9.69 Å². The highest BCUT2D eigenvalue weighted by atomic mass is 16.1. The van der Waals surface area contributed by atoms with Gasteiger partial charge in [-0.05, 0) is 32.3 Å². The van der Waals surface area contributed by atoms with Gasteiger partial charge in [0, 0.05) is 43.4 Å². The summed E-state index contributed by atoms with van der Waals surface area (Å²) in [6.07, 6.45) is 1.26. The molecule has 0 aromatic carbocycles. The lowest BCUT2D eigenvalue weighted by atomic mass is 9.82. The van der Waals surface area contributed by atoms with E-state index < -0.39 is 0 Å². The molecule has 0 aliphatic carbocycles. The second-order valence-corrected chi connectivity index (χ2v) is 5.75. The Bertz CT molecular complexity index is 477. The topological polar surface area (TPSA) is 25.2 Å². The average molecular weight is 232 g/mol. The zero-order valence-electron chi connectivity index (χ0n) is 10.6. The molecule has 3 heterocycles. The van der Waals surface area contributed by atoms with E-state index in [1.165, 1.54) is 12.1 Å². The molecule has 1 aromatic heterocycles. The lowest BCUT2D eigenvalue weighted by molar-refractivity contribution is 0.0943. The molecule has 3 rings (SSSR count). The number of nitrogens with zero attached hydrogens (tertiary/aromatic N) is 2. The zero-order chi connectivity index (χ0) is 12.0. The molecule has 1 aromatic rings. The highest BCUT2D eigenvalue weighted by Crippen LogP contribution is 2.35. The van der Waals surface area contributed by atoms with Crippen LogP contribution >= 0.6 is 0 Å². The van der Waals surface area contributed by atoms with Gasteiger partial charge in [0.05, 0.1) is 0 Å². The van der Waals surface area contributed by atoms with Crippen molar-refractivity contribution in [1.29, 1.82) is 0 Å². The Kier molecular flexibility index (Phi) is 2.58. The molecular formula is C14H20N2O. The first kappa shape index (κ1) is 11.0. The number of aromatic nitrogens is 1. The van der Waals surface area contributed by atoms with E-state index in [0.29, 0.717) is 17.9 Å². The van der Waals surface area contributed by atoms with Crippen molar-refractivity contribution in [2.45, 2.75) is 38.8 Å². The van der Waals surface area contributed by atoms with E-state index in [1.54, 1.807) is 6.07 Å². The summed E-state index contributed by atoms with van der Waals surface area (Å²) in [7, 11) is 0. The van der Waals surface area contributed by atoms with E-state index in [2.05, 4.69) is 24.8 Å². The molecule has 0 N–H and O–H groups in total. The number of piperidine rings is 1. The predicted octanol–water partition coefficient (Wildman–Crippen LogP) is 1.68. The number of fused-ring (bicyclic) bond motifs is 4. The molecule has 1 saturated heterocycles. The van der Waals surface area contributed by atoms with Gasteiger partial charge in [0.1, 0.15) is 0 Å². The van der Waals surface area contributed by atoms with Crippen LogP contribution in [0.1, 0.15) is 31.9 Å². The van der Waals surface area contributed by atoms with Crippen molar-refractivity contribution in [3.05, 3.63) is 34.2 Å². The van der Waals surface area contributed by atoms with Crippen LogP contribution in [0.4, 0.5) is 0 Å². The molecule has 3 heteroatoms. The minimum atomic E-state index is 0.176. The highest BCUT2D eigenvalue weighted by molar-refractivity contribution is 5.17. The normalized spacial score (nSPS) is 28.2. The second kappa shape index (κ2) is 3.98. The third-order valence-corrected chi connectivity index (χ3v) is 4.24. The number of pyridine rings is 1. The van der Waals surface area contributed by atoms with Crippen molar-refractivity contribution in [3.8, 4) is 0 Å². The molecule has 2 bridgehead atoms. The van der Waals surface area contributed by atoms with Crippen molar-refractivity contribution >= 4 is 0 Å². The first-order chi connectivity index (χ1) is 8.15. The molecule has 0 saturated carbocycles. The number of rotatable bonds is 1. The molecule has 1 fully saturated rings. The lowest BCUT2D eigenvalue weighted by Crippen LogP contribution is -2.49. The Morgan fingerprint density at radius 2 is 2.06 bits per heavy atom. The van der Waals surface area contributed by atoms with E-state index in [0.717, 1.165) is 19.6 Å². The summed E-state index contributed by atoms with van der Waals surface area (Å²) in [5.41, 5.74) is 1.43. The van der Waals surface area contributed by atoms with E-state index >= 15 is 0 Å². The van der Waals surface area contributed by atoms with Crippen molar-refractivity contribution in [2.24, 2.45) is 5.92 Å². The van der Waals surface area contributed by atoms with Gasteiger partial charge in [-0.15, -0.1) is 0 Å². The van der Waals surface area contributed by atoms with Crippen LogP contribution < -0.4 is 5.56 Å². The third kappa shape index (κ3) is 1.82. The lowest BCUT2D eigenvalue weighted by Gasteiger charge is -2.44. The van der Waals surface area contributed by atoms with Crippen molar-refractivity contribution in [2.75, 3.05) is 13.1 Å². The SMILES string of the molecule is CC(C)N1CC2C[C@H](C1)Cn1c2cccc1=O. The Morgan fingerprint density at radius 1 is 1.24 bits per heavy atom. The molecule has 2 aliphatic rings. The quantitative estimate of drug-likeness (QED) is 0.736. The van der Waals surface area contributed by atoms with Gasteiger partial charge in [-0.25, -0.2) is 0 Å². The van der Waals surface area contributed by atoms with Gasteiger partial charge in [0.2, 0.25) is 0 Å². The van der Waals surface area contributed by atoms with Crippen LogP contribution in [0.25, 0.3) is 0 Å². The van der Waals surface area contributed by atoms with Gasteiger partial charge in [-0.2, -0.15) is 0 Å². The van der Waals surface area contributed by atoms with Crippen LogP contribution in [0.5, 0.6) is 0 Å². The summed E-state index contributed by atoms with van der Waals surface area (Å²) in [5, 5.41) is 0. The Hall–Kier alpha value is -1.09. The molecular weight excluding hydrogens is 212 g/mol. The first-order valence-corrected chi connectivity index (χ1v) is 6.59. The Labute approximate surface area is 102 Å². The van der Waals surface area contributed by atoms with Gasteiger partial charge < -0.3 is 4.57 Å². The molecule has 0 radical (unpaired) electrons. The summed E-state index contributed by atoms with van der Waals surface area (Å²) >= 11 is 0. The van der Waals surface area contributed by atoms with Gasteiger partial charge in [0.25, 0.3) is 5.56 Å². The van der Waals surface area contributed by atoms with Crippen molar-refractivity contribution in [3.63, 3.8) is 0 Å². The van der Waals surface area contributed by atoms with E-state index in [9.17, 15) is 4.79 Å². The highest BCUT2D eigenvalue weighted by Gasteiger charge is 2.34. The minimum absolute atomic E-state index is 0.176. The van der Waals surface area contributed by atoms with Crippen LogP contribution in [0.2, 0.25) is 0 Å². The number of likely N-dealkylation sites (tertiary alicyclic amines) is 1. The second-order valence-electron chi connectivity index (χ2n) is 5.75. The largest absolute Gasteiger partial charge is 0.312 e. The van der Waals surface area contributed by atoms with Crippen LogP contribution in [0.3, 0.4) is 0 Å².